The van der Waals surface area contributed by atoms with Crippen molar-refractivity contribution in [3.63, 3.8) is 0 Å². The number of nitrogens with one attached hydrogen (secondary N) is 1. The minimum absolute atomic E-state index is 0.251. The molecule has 168 valence electrons. The Kier molecular flexibility index (Phi) is 7.07. The first-order valence-electron chi connectivity index (χ1n) is 10.9. The lowest BCUT2D eigenvalue weighted by molar-refractivity contribution is 0.0913. The van der Waals surface area contributed by atoms with Crippen molar-refractivity contribution in [2.24, 2.45) is 0 Å². The number of carbonyl (C=O) groups is 1. The van der Waals surface area contributed by atoms with Crippen LogP contribution in [0.2, 0.25) is 0 Å². The van der Waals surface area contributed by atoms with Gasteiger partial charge in [0, 0.05) is 31.6 Å². The number of benzene rings is 2. The van der Waals surface area contributed by atoms with Crippen LogP contribution >= 0.6 is 0 Å². The molecule has 7 heteroatoms. The maximum Gasteiger partial charge on any atom is 0.290 e. The van der Waals surface area contributed by atoms with Crippen molar-refractivity contribution in [2.45, 2.75) is 31.8 Å². The lowest BCUT2D eigenvalue weighted by Crippen LogP contribution is -2.34. The van der Waals surface area contributed by atoms with Crippen molar-refractivity contribution < 1.29 is 18.8 Å². The minimum Gasteiger partial charge on any atom is -0.497 e. The number of nitrogens with zero attached hydrogens (tertiary/aromatic N) is 2. The van der Waals surface area contributed by atoms with Crippen LogP contribution < -0.4 is 14.8 Å². The van der Waals surface area contributed by atoms with E-state index in [1.54, 1.807) is 20.3 Å². The molecule has 0 spiro atoms. The third-order valence-electron chi connectivity index (χ3n) is 5.85. The normalized spacial score (nSPS) is 16.5. The molecule has 3 aromatic rings. The van der Waals surface area contributed by atoms with Gasteiger partial charge in [-0.2, -0.15) is 0 Å². The molecule has 1 aliphatic heterocycles. The summed E-state index contributed by atoms with van der Waals surface area (Å²) in [5.74, 6) is 1.90. The summed E-state index contributed by atoms with van der Waals surface area (Å²) in [5, 5.41) is 7.09. The summed E-state index contributed by atoms with van der Waals surface area (Å²) in [7, 11) is 3.30. The molecule has 1 N–H and O–H groups in total. The zero-order valence-corrected chi connectivity index (χ0v) is 18.5. The average Bonchev–Trinajstić information content (AvgIpc) is 3.34. The lowest BCUT2D eigenvalue weighted by atomic mass is 9.94. The Hall–Kier alpha value is -3.32. The van der Waals surface area contributed by atoms with Gasteiger partial charge in [0.1, 0.15) is 11.5 Å². The van der Waals surface area contributed by atoms with Gasteiger partial charge in [0.15, 0.2) is 0 Å². The SMILES string of the molecule is COc1ccc(CNC(=O)c2cc(C3CCCN(Cc4ccc(OC)cc4)C3)no2)cc1. The van der Waals surface area contributed by atoms with Gasteiger partial charge < -0.3 is 19.3 Å². The Labute approximate surface area is 188 Å². The van der Waals surface area contributed by atoms with Crippen LogP contribution in [0.3, 0.4) is 0 Å². The van der Waals surface area contributed by atoms with Crippen LogP contribution in [0.5, 0.6) is 11.5 Å². The molecule has 32 heavy (non-hydrogen) atoms. The summed E-state index contributed by atoms with van der Waals surface area (Å²) in [4.78, 5) is 14.9. The molecule has 0 bridgehead atoms. The first-order chi connectivity index (χ1) is 15.6. The molecule has 0 radical (unpaired) electrons. The maximum absolute atomic E-state index is 12.5. The fourth-order valence-electron chi connectivity index (χ4n) is 4.03. The highest BCUT2D eigenvalue weighted by molar-refractivity contribution is 5.91. The zero-order chi connectivity index (χ0) is 22.3. The number of likely N-dealkylation sites (tertiary alicyclic amines) is 1. The second-order valence-corrected chi connectivity index (χ2v) is 8.07. The van der Waals surface area contributed by atoms with Crippen molar-refractivity contribution in [3.8, 4) is 11.5 Å². The van der Waals surface area contributed by atoms with Gasteiger partial charge in [0.25, 0.3) is 5.91 Å². The number of hydrogen-bond donors (Lipinski definition) is 1. The highest BCUT2D eigenvalue weighted by Crippen LogP contribution is 2.28. The van der Waals surface area contributed by atoms with Crippen LogP contribution in [0.25, 0.3) is 0 Å². The molecule has 1 atom stereocenters. The van der Waals surface area contributed by atoms with Gasteiger partial charge in [0.2, 0.25) is 5.76 Å². The molecule has 2 aromatic carbocycles. The second kappa shape index (κ2) is 10.3. The number of piperidine rings is 1. The molecule has 4 rings (SSSR count). The van der Waals surface area contributed by atoms with Crippen LogP contribution in [-0.2, 0) is 13.1 Å². The summed E-state index contributed by atoms with van der Waals surface area (Å²) < 4.78 is 15.8. The third-order valence-corrected chi connectivity index (χ3v) is 5.85. The van der Waals surface area contributed by atoms with Crippen LogP contribution in [0, 0.1) is 0 Å². The average molecular weight is 436 g/mol. The van der Waals surface area contributed by atoms with Crippen LogP contribution in [0.15, 0.2) is 59.1 Å². The number of hydrogen-bond acceptors (Lipinski definition) is 6. The topological polar surface area (TPSA) is 76.8 Å². The van der Waals surface area contributed by atoms with E-state index in [4.69, 9.17) is 14.0 Å². The van der Waals surface area contributed by atoms with Gasteiger partial charge in [-0.3, -0.25) is 9.69 Å². The number of amides is 1. The van der Waals surface area contributed by atoms with E-state index in [9.17, 15) is 4.79 Å². The lowest BCUT2D eigenvalue weighted by Gasteiger charge is -2.31. The molecular formula is C25H29N3O4. The van der Waals surface area contributed by atoms with Gasteiger partial charge in [-0.05, 0) is 54.8 Å². The highest BCUT2D eigenvalue weighted by Gasteiger charge is 2.25. The van der Waals surface area contributed by atoms with Crippen molar-refractivity contribution in [1.82, 2.24) is 15.4 Å². The van der Waals surface area contributed by atoms with Crippen molar-refractivity contribution in [2.75, 3.05) is 27.3 Å². The van der Waals surface area contributed by atoms with Gasteiger partial charge in [0.05, 0.1) is 19.9 Å². The van der Waals surface area contributed by atoms with E-state index in [1.807, 2.05) is 36.4 Å². The number of rotatable bonds is 8. The van der Waals surface area contributed by atoms with Gasteiger partial charge in [-0.1, -0.05) is 29.4 Å². The first kappa shape index (κ1) is 21.9. The monoisotopic (exact) mass is 435 g/mol. The molecule has 7 nitrogen and oxygen atoms in total. The van der Waals surface area contributed by atoms with E-state index in [1.165, 1.54) is 5.56 Å². The Morgan fingerprint density at radius 2 is 1.72 bits per heavy atom. The standard InChI is InChI=1S/C25H29N3O4/c1-30-21-9-5-18(6-10-21)15-26-25(29)24-14-23(27-32-24)20-4-3-13-28(17-20)16-19-7-11-22(31-2)12-8-19/h5-12,14,20H,3-4,13,15-17H2,1-2H3,(H,26,29). The summed E-state index contributed by atoms with van der Waals surface area (Å²) in [5.41, 5.74) is 3.09. The summed E-state index contributed by atoms with van der Waals surface area (Å²) in [6, 6.07) is 17.5. The van der Waals surface area contributed by atoms with E-state index in [0.29, 0.717) is 6.54 Å². The Morgan fingerprint density at radius 3 is 2.38 bits per heavy atom. The molecule has 2 heterocycles. The van der Waals surface area contributed by atoms with E-state index in [0.717, 1.165) is 55.2 Å². The fourth-order valence-corrected chi connectivity index (χ4v) is 4.03. The van der Waals surface area contributed by atoms with Gasteiger partial charge in [-0.25, -0.2) is 0 Å². The van der Waals surface area contributed by atoms with Crippen LogP contribution in [-0.4, -0.2) is 43.3 Å². The molecule has 0 aliphatic carbocycles. The largest absolute Gasteiger partial charge is 0.497 e. The number of aromatic nitrogens is 1. The molecule has 1 unspecified atom stereocenters. The second-order valence-electron chi connectivity index (χ2n) is 8.07. The van der Waals surface area contributed by atoms with E-state index in [2.05, 4.69) is 27.5 Å². The van der Waals surface area contributed by atoms with Crippen LogP contribution in [0.4, 0.5) is 0 Å². The first-order valence-corrected chi connectivity index (χ1v) is 10.9. The fraction of sp³-hybridized carbons (Fsp3) is 0.360. The van der Waals surface area contributed by atoms with Gasteiger partial charge >= 0.3 is 0 Å². The molecule has 1 fully saturated rings. The maximum atomic E-state index is 12.5. The summed E-state index contributed by atoms with van der Waals surface area (Å²) >= 11 is 0. The van der Waals surface area contributed by atoms with Crippen LogP contribution in [0.1, 0.15) is 46.1 Å². The van der Waals surface area contributed by atoms with Crippen molar-refractivity contribution in [3.05, 3.63) is 77.2 Å². The minimum atomic E-state index is -0.259. The molecule has 1 amide bonds. The predicted molar refractivity (Wildman–Crippen MR) is 121 cm³/mol. The quantitative estimate of drug-likeness (QED) is 0.576. The predicted octanol–water partition coefficient (Wildman–Crippen LogP) is 4.00. The molecule has 0 saturated carbocycles. The Bertz CT molecular complexity index is 1010. The van der Waals surface area contributed by atoms with Gasteiger partial charge in [-0.15, -0.1) is 0 Å². The molecular weight excluding hydrogens is 406 g/mol. The third kappa shape index (κ3) is 5.48. The van der Waals surface area contributed by atoms with E-state index in [-0.39, 0.29) is 17.6 Å². The summed E-state index contributed by atoms with van der Waals surface area (Å²) in [6.45, 7) is 3.24. The smallest absolute Gasteiger partial charge is 0.290 e. The molecule has 1 aromatic heterocycles. The Morgan fingerprint density at radius 1 is 1.06 bits per heavy atom. The number of ether oxygens (including phenoxy) is 2. The molecule has 1 aliphatic rings. The van der Waals surface area contributed by atoms with E-state index >= 15 is 0 Å². The highest BCUT2D eigenvalue weighted by atomic mass is 16.5. The van der Waals surface area contributed by atoms with E-state index < -0.39 is 0 Å². The molecule has 1 saturated heterocycles. The number of methoxy groups -OCH3 is 2. The zero-order valence-electron chi connectivity index (χ0n) is 18.5. The number of carbonyl (C=O) groups excluding carboxylic acids is 1. The summed E-state index contributed by atoms with van der Waals surface area (Å²) in [6.07, 6.45) is 2.13. The van der Waals surface area contributed by atoms with Crippen molar-refractivity contribution >= 4 is 5.91 Å². The van der Waals surface area contributed by atoms with Crippen molar-refractivity contribution in [1.29, 1.82) is 0 Å². The Balaban J connectivity index is 1.31.